The highest BCUT2D eigenvalue weighted by Crippen LogP contribution is 2.29. The third kappa shape index (κ3) is 3.28. The number of halogens is 2. The largest absolute Gasteiger partial charge is 0.341 e. The summed E-state index contributed by atoms with van der Waals surface area (Å²) in [6.07, 6.45) is 3.70. The zero-order chi connectivity index (χ0) is 14.8. The highest BCUT2D eigenvalue weighted by atomic mass is 35.5. The summed E-state index contributed by atoms with van der Waals surface area (Å²) in [5, 5.41) is 1.20. The summed E-state index contributed by atoms with van der Waals surface area (Å²) in [7, 11) is 0. The second-order valence-corrected chi connectivity index (χ2v) is 6.03. The second kappa shape index (κ2) is 6.18. The predicted molar refractivity (Wildman–Crippen MR) is 86.9 cm³/mol. The molecule has 110 valence electrons. The van der Waals surface area contributed by atoms with Crippen molar-refractivity contribution in [2.75, 3.05) is 18.0 Å². The number of hydrogen-bond donors (Lipinski definition) is 1. The van der Waals surface area contributed by atoms with Gasteiger partial charge in [0.15, 0.2) is 0 Å². The molecular weight excluding hydrogens is 307 g/mol. The molecule has 1 aromatic carbocycles. The number of benzene rings is 1. The fraction of sp³-hybridized carbons (Fsp3) is 0.333. The van der Waals surface area contributed by atoms with Crippen LogP contribution in [-0.2, 0) is 0 Å². The van der Waals surface area contributed by atoms with E-state index in [1.165, 1.54) is 0 Å². The van der Waals surface area contributed by atoms with Gasteiger partial charge < -0.3 is 10.6 Å². The van der Waals surface area contributed by atoms with Crippen molar-refractivity contribution in [3.05, 3.63) is 40.5 Å². The van der Waals surface area contributed by atoms with E-state index in [1.807, 2.05) is 18.2 Å². The zero-order valence-corrected chi connectivity index (χ0v) is 13.0. The van der Waals surface area contributed by atoms with E-state index in [2.05, 4.69) is 14.9 Å². The molecule has 0 spiro atoms. The maximum Gasteiger partial charge on any atom is 0.225 e. The van der Waals surface area contributed by atoms with Crippen LogP contribution in [0.4, 0.5) is 5.95 Å². The summed E-state index contributed by atoms with van der Waals surface area (Å²) in [6, 6.07) is 7.55. The van der Waals surface area contributed by atoms with E-state index in [0.717, 1.165) is 43.1 Å². The van der Waals surface area contributed by atoms with E-state index in [0.29, 0.717) is 10.0 Å². The molecule has 4 nitrogen and oxygen atoms in total. The molecule has 6 heteroatoms. The Morgan fingerprint density at radius 3 is 2.62 bits per heavy atom. The summed E-state index contributed by atoms with van der Waals surface area (Å²) < 4.78 is 0. The summed E-state index contributed by atoms with van der Waals surface area (Å²) in [6.45, 7) is 1.78. The Balaban J connectivity index is 1.89. The molecule has 1 aromatic heterocycles. The third-order valence-electron chi connectivity index (χ3n) is 3.67. The number of hydrogen-bond acceptors (Lipinski definition) is 4. The average molecular weight is 323 g/mol. The van der Waals surface area contributed by atoms with Crippen molar-refractivity contribution in [3.63, 3.8) is 0 Å². The average Bonchev–Trinajstić information content (AvgIpc) is 2.48. The first-order valence-electron chi connectivity index (χ1n) is 6.92. The maximum absolute atomic E-state index is 6.25. The van der Waals surface area contributed by atoms with Crippen molar-refractivity contribution in [1.82, 2.24) is 9.97 Å². The fourth-order valence-electron chi connectivity index (χ4n) is 2.45. The van der Waals surface area contributed by atoms with Crippen LogP contribution in [-0.4, -0.2) is 29.1 Å². The second-order valence-electron chi connectivity index (χ2n) is 5.19. The van der Waals surface area contributed by atoms with Crippen molar-refractivity contribution in [2.24, 2.45) is 5.73 Å². The summed E-state index contributed by atoms with van der Waals surface area (Å²) in [5.41, 5.74) is 7.59. The maximum atomic E-state index is 6.25. The van der Waals surface area contributed by atoms with E-state index in [1.54, 1.807) is 12.3 Å². The van der Waals surface area contributed by atoms with Crippen LogP contribution in [0.3, 0.4) is 0 Å². The Bertz CT molecular complexity index is 639. The summed E-state index contributed by atoms with van der Waals surface area (Å²) in [5.74, 6) is 0.727. The van der Waals surface area contributed by atoms with E-state index < -0.39 is 0 Å². The molecule has 0 radical (unpaired) electrons. The number of anilines is 1. The molecule has 1 aliphatic heterocycles. The first kappa shape index (κ1) is 14.6. The van der Waals surface area contributed by atoms with Crippen LogP contribution in [0, 0.1) is 0 Å². The van der Waals surface area contributed by atoms with Gasteiger partial charge in [-0.05, 0) is 37.1 Å². The lowest BCUT2D eigenvalue weighted by molar-refractivity contribution is 0.495. The SMILES string of the molecule is NC1CCN(c2nccc(-c3ccc(Cl)cc3Cl)n2)CC1. The number of nitrogens with two attached hydrogens (primary N) is 1. The van der Waals surface area contributed by atoms with Gasteiger partial charge in [0.2, 0.25) is 5.95 Å². The van der Waals surface area contributed by atoms with Gasteiger partial charge in [0, 0.05) is 35.9 Å². The third-order valence-corrected chi connectivity index (χ3v) is 4.22. The van der Waals surface area contributed by atoms with Gasteiger partial charge in [-0.2, -0.15) is 0 Å². The Morgan fingerprint density at radius 2 is 1.90 bits per heavy atom. The van der Waals surface area contributed by atoms with Crippen LogP contribution in [0.15, 0.2) is 30.5 Å². The van der Waals surface area contributed by atoms with Gasteiger partial charge in [-0.15, -0.1) is 0 Å². The van der Waals surface area contributed by atoms with Crippen molar-refractivity contribution in [1.29, 1.82) is 0 Å². The molecule has 0 atom stereocenters. The van der Waals surface area contributed by atoms with Crippen LogP contribution in [0.1, 0.15) is 12.8 Å². The Morgan fingerprint density at radius 1 is 1.14 bits per heavy atom. The molecule has 1 fully saturated rings. The lowest BCUT2D eigenvalue weighted by atomic mass is 10.1. The van der Waals surface area contributed by atoms with Gasteiger partial charge in [-0.1, -0.05) is 23.2 Å². The number of piperidine rings is 1. The lowest BCUT2D eigenvalue weighted by Crippen LogP contribution is -2.40. The molecule has 1 aliphatic rings. The van der Waals surface area contributed by atoms with Gasteiger partial charge >= 0.3 is 0 Å². The van der Waals surface area contributed by atoms with Crippen molar-refractivity contribution in [2.45, 2.75) is 18.9 Å². The lowest BCUT2D eigenvalue weighted by Gasteiger charge is -2.30. The first-order valence-corrected chi connectivity index (χ1v) is 7.68. The minimum Gasteiger partial charge on any atom is -0.341 e. The smallest absolute Gasteiger partial charge is 0.225 e. The molecule has 3 rings (SSSR count). The molecular formula is C15H16Cl2N4. The highest BCUT2D eigenvalue weighted by molar-refractivity contribution is 6.36. The van der Waals surface area contributed by atoms with Crippen LogP contribution in [0.5, 0.6) is 0 Å². The molecule has 0 amide bonds. The summed E-state index contributed by atoms with van der Waals surface area (Å²) in [4.78, 5) is 11.2. The van der Waals surface area contributed by atoms with E-state index in [4.69, 9.17) is 28.9 Å². The van der Waals surface area contributed by atoms with Gasteiger partial charge in [-0.3, -0.25) is 0 Å². The molecule has 0 unspecified atom stereocenters. The van der Waals surface area contributed by atoms with Crippen molar-refractivity contribution < 1.29 is 0 Å². The molecule has 0 aliphatic carbocycles. The molecule has 0 saturated carbocycles. The predicted octanol–water partition coefficient (Wildman–Crippen LogP) is 3.38. The molecule has 1 saturated heterocycles. The van der Waals surface area contributed by atoms with Gasteiger partial charge in [0.1, 0.15) is 0 Å². The van der Waals surface area contributed by atoms with Gasteiger partial charge in [0.05, 0.1) is 10.7 Å². The van der Waals surface area contributed by atoms with Crippen LogP contribution in [0.25, 0.3) is 11.3 Å². The van der Waals surface area contributed by atoms with Crippen molar-refractivity contribution in [3.8, 4) is 11.3 Å². The van der Waals surface area contributed by atoms with Crippen LogP contribution < -0.4 is 10.6 Å². The first-order chi connectivity index (χ1) is 10.1. The van der Waals surface area contributed by atoms with Crippen LogP contribution in [0.2, 0.25) is 10.0 Å². The number of rotatable bonds is 2. The Labute approximate surface area is 133 Å². The quantitative estimate of drug-likeness (QED) is 0.920. The zero-order valence-electron chi connectivity index (χ0n) is 11.5. The molecule has 21 heavy (non-hydrogen) atoms. The summed E-state index contributed by atoms with van der Waals surface area (Å²) >= 11 is 12.2. The Kier molecular flexibility index (Phi) is 4.29. The van der Waals surface area contributed by atoms with Crippen molar-refractivity contribution >= 4 is 29.2 Å². The molecule has 2 heterocycles. The van der Waals surface area contributed by atoms with Crippen LogP contribution >= 0.6 is 23.2 Å². The monoisotopic (exact) mass is 322 g/mol. The standard InChI is InChI=1S/C15H16Cl2N4/c16-10-1-2-12(13(17)9-10)14-3-6-19-15(20-14)21-7-4-11(18)5-8-21/h1-3,6,9,11H,4-5,7-8,18H2. The Hall–Kier alpha value is -1.36. The fourth-order valence-corrected chi connectivity index (χ4v) is 2.95. The molecule has 2 aromatic rings. The number of nitrogens with zero attached hydrogens (tertiary/aromatic N) is 3. The highest BCUT2D eigenvalue weighted by Gasteiger charge is 2.18. The number of aromatic nitrogens is 2. The minimum absolute atomic E-state index is 0.287. The van der Waals surface area contributed by atoms with Gasteiger partial charge in [-0.25, -0.2) is 9.97 Å². The van der Waals surface area contributed by atoms with E-state index >= 15 is 0 Å². The molecule has 2 N–H and O–H groups in total. The van der Waals surface area contributed by atoms with E-state index in [9.17, 15) is 0 Å². The minimum atomic E-state index is 0.287. The topological polar surface area (TPSA) is 55.0 Å². The molecule has 0 bridgehead atoms. The van der Waals surface area contributed by atoms with E-state index in [-0.39, 0.29) is 6.04 Å². The van der Waals surface area contributed by atoms with Gasteiger partial charge in [0.25, 0.3) is 0 Å². The normalized spacial score (nSPS) is 16.2.